The van der Waals surface area contributed by atoms with Gasteiger partial charge in [0, 0.05) is 36.5 Å². The molecule has 40 heavy (non-hydrogen) atoms. The van der Waals surface area contributed by atoms with E-state index in [2.05, 4.69) is 68.8 Å². The molecule has 1 aliphatic rings. The van der Waals surface area contributed by atoms with Crippen LogP contribution in [0.25, 0.3) is 10.9 Å². The van der Waals surface area contributed by atoms with Crippen LogP contribution in [0.4, 0.5) is 5.69 Å². The maximum absolute atomic E-state index is 13.6. The first kappa shape index (κ1) is 29.1. The minimum atomic E-state index is -0.497. The van der Waals surface area contributed by atoms with Gasteiger partial charge in [-0.2, -0.15) is 9.78 Å². The number of hydrogen-bond donors (Lipinski definition) is 0. The number of hydrogen-bond acceptors (Lipinski definition) is 6. The highest BCUT2D eigenvalue weighted by Crippen LogP contribution is 2.37. The predicted octanol–water partition coefficient (Wildman–Crippen LogP) is 8.86. The van der Waals surface area contributed by atoms with Gasteiger partial charge >= 0.3 is 5.69 Å². The van der Waals surface area contributed by atoms with Crippen LogP contribution in [0.15, 0.2) is 76.3 Å². The van der Waals surface area contributed by atoms with E-state index in [0.29, 0.717) is 26.8 Å². The molecule has 1 fully saturated rings. The third kappa shape index (κ3) is 6.40. The van der Waals surface area contributed by atoms with Crippen molar-refractivity contribution >= 4 is 86.5 Å². The van der Waals surface area contributed by atoms with Gasteiger partial charge in [0.2, 0.25) is 5.75 Å². The van der Waals surface area contributed by atoms with Crippen molar-refractivity contribution in [1.82, 2.24) is 9.66 Å². The van der Waals surface area contributed by atoms with Gasteiger partial charge in [-0.05, 0) is 65.2 Å². The van der Waals surface area contributed by atoms with Crippen LogP contribution in [0.1, 0.15) is 55.0 Å². The minimum absolute atomic E-state index is 0.106. The van der Waals surface area contributed by atoms with Crippen LogP contribution < -0.4 is 10.3 Å². The monoisotopic (exact) mass is 794 g/mol. The molecule has 0 radical (unpaired) electrons. The second kappa shape index (κ2) is 12.6. The fourth-order valence-electron chi connectivity index (χ4n) is 4.77. The summed E-state index contributed by atoms with van der Waals surface area (Å²) in [5.41, 5.74) is 1.39. The summed E-state index contributed by atoms with van der Waals surface area (Å²) in [5.74, 6) is 0.833. The number of aromatic nitrogens is 2. The van der Waals surface area contributed by atoms with Gasteiger partial charge in [0.25, 0.3) is 5.56 Å². The van der Waals surface area contributed by atoms with Gasteiger partial charge in [0.15, 0.2) is 0 Å². The first-order chi connectivity index (χ1) is 19.2. The molecule has 1 aliphatic carbocycles. The van der Waals surface area contributed by atoms with Crippen LogP contribution in [-0.4, -0.2) is 20.8 Å². The molecule has 0 amide bonds. The van der Waals surface area contributed by atoms with Crippen molar-refractivity contribution in [3.8, 4) is 5.75 Å². The molecule has 12 heteroatoms. The zero-order valence-corrected chi connectivity index (χ0v) is 27.3. The number of benzene rings is 3. The van der Waals surface area contributed by atoms with Crippen LogP contribution in [0, 0.1) is 10.1 Å². The van der Waals surface area contributed by atoms with Gasteiger partial charge in [-0.1, -0.05) is 73.1 Å². The highest BCUT2D eigenvalue weighted by Gasteiger charge is 2.24. The summed E-state index contributed by atoms with van der Waals surface area (Å²) in [4.78, 5) is 29.9. The molecule has 0 unspecified atom stereocenters. The molecule has 4 aromatic rings. The summed E-state index contributed by atoms with van der Waals surface area (Å²) in [6.07, 6.45) is 6.62. The van der Waals surface area contributed by atoms with Gasteiger partial charge in [-0.25, -0.2) is 4.98 Å². The van der Waals surface area contributed by atoms with Crippen molar-refractivity contribution in [3.63, 3.8) is 0 Å². The first-order valence-corrected chi connectivity index (χ1v) is 15.7. The topological polar surface area (TPSA) is 99.6 Å². The van der Waals surface area contributed by atoms with Crippen molar-refractivity contribution in [3.05, 3.63) is 104 Å². The summed E-state index contributed by atoms with van der Waals surface area (Å²) in [5, 5.41) is 17.0. The molecular formula is C28H22Br4N4O4. The third-order valence-corrected chi connectivity index (χ3v) is 9.07. The Kier molecular flexibility index (Phi) is 9.18. The van der Waals surface area contributed by atoms with E-state index in [1.54, 1.807) is 12.1 Å². The standard InChI is InChI=1S/C28H22Br4N4O4/c29-19-8-9-24-21(12-19)28(37)35(27(34-24)17-4-2-1-3-5-17)33-14-16-10-23(32)26(25(11-16)36(38)39)40-15-18-6-7-20(30)13-22(18)31/h6-14,17H,1-5,15H2. The quantitative estimate of drug-likeness (QED) is 0.106. The second-order valence-electron chi connectivity index (χ2n) is 9.46. The number of nitro groups is 1. The largest absolute Gasteiger partial charge is 0.481 e. The highest BCUT2D eigenvalue weighted by molar-refractivity contribution is 9.11. The molecule has 8 nitrogen and oxygen atoms in total. The Morgan fingerprint density at radius 1 is 1.00 bits per heavy atom. The lowest BCUT2D eigenvalue weighted by Gasteiger charge is -2.22. The summed E-state index contributed by atoms with van der Waals surface area (Å²) in [7, 11) is 0. The van der Waals surface area contributed by atoms with Crippen molar-refractivity contribution in [2.24, 2.45) is 5.10 Å². The van der Waals surface area contributed by atoms with Gasteiger partial charge in [0.1, 0.15) is 12.4 Å². The van der Waals surface area contributed by atoms with E-state index in [1.807, 2.05) is 30.3 Å². The van der Waals surface area contributed by atoms with E-state index in [9.17, 15) is 14.9 Å². The first-order valence-electron chi connectivity index (χ1n) is 12.5. The number of rotatable bonds is 7. The van der Waals surface area contributed by atoms with Crippen molar-refractivity contribution in [2.75, 3.05) is 0 Å². The zero-order valence-electron chi connectivity index (χ0n) is 20.9. The molecular weight excluding hydrogens is 776 g/mol. The van der Waals surface area contributed by atoms with Gasteiger partial charge < -0.3 is 4.74 Å². The number of halogens is 4. The Hall–Kier alpha value is -2.41. The number of fused-ring (bicyclic) bond motifs is 1. The smallest absolute Gasteiger partial charge is 0.312 e. The minimum Gasteiger partial charge on any atom is -0.481 e. The second-order valence-corrected chi connectivity index (χ2v) is 13.0. The van der Waals surface area contributed by atoms with E-state index in [4.69, 9.17) is 9.72 Å². The molecule has 1 aromatic heterocycles. The van der Waals surface area contributed by atoms with Crippen LogP contribution in [0.2, 0.25) is 0 Å². The average Bonchev–Trinajstić information content (AvgIpc) is 2.93. The van der Waals surface area contributed by atoms with E-state index in [1.165, 1.54) is 17.0 Å². The predicted molar refractivity (Wildman–Crippen MR) is 169 cm³/mol. The van der Waals surface area contributed by atoms with Gasteiger partial charge in [0.05, 0.1) is 26.5 Å². The summed E-state index contributed by atoms with van der Waals surface area (Å²) >= 11 is 13.8. The third-order valence-electron chi connectivity index (χ3n) is 6.76. The lowest BCUT2D eigenvalue weighted by atomic mass is 9.88. The fraction of sp³-hybridized carbons (Fsp3) is 0.250. The van der Waals surface area contributed by atoms with Gasteiger partial charge in [-0.3, -0.25) is 14.9 Å². The number of nitrogens with zero attached hydrogens (tertiary/aromatic N) is 4. The Morgan fingerprint density at radius 3 is 2.45 bits per heavy atom. The summed E-state index contributed by atoms with van der Waals surface area (Å²) in [6.45, 7) is 0.124. The molecule has 3 aromatic carbocycles. The van der Waals surface area contributed by atoms with Crippen molar-refractivity contribution in [2.45, 2.75) is 44.6 Å². The molecule has 0 atom stereocenters. The SMILES string of the molecule is O=c1c2cc(Br)ccc2nc(C2CCCCC2)n1N=Cc1cc(Br)c(OCc2ccc(Br)cc2Br)c([N+](=O)[O-])c1. The maximum Gasteiger partial charge on any atom is 0.312 e. The van der Waals surface area contributed by atoms with Crippen LogP contribution in [0.5, 0.6) is 5.75 Å². The van der Waals surface area contributed by atoms with E-state index in [0.717, 1.165) is 51.1 Å². The molecule has 0 spiro atoms. The Labute approximate surface area is 263 Å². The molecule has 1 saturated carbocycles. The number of ether oxygens (including phenoxy) is 1. The number of nitro benzene ring substituents is 1. The molecule has 1 heterocycles. The van der Waals surface area contributed by atoms with E-state index >= 15 is 0 Å². The molecule has 206 valence electrons. The molecule has 0 aliphatic heterocycles. The highest BCUT2D eigenvalue weighted by atomic mass is 79.9. The normalized spacial score (nSPS) is 14.2. The maximum atomic E-state index is 13.6. The van der Waals surface area contributed by atoms with Gasteiger partial charge in [-0.15, -0.1) is 0 Å². The zero-order chi connectivity index (χ0) is 28.4. The molecule has 0 saturated heterocycles. The summed E-state index contributed by atoms with van der Waals surface area (Å²) in [6, 6.07) is 14.1. The van der Waals surface area contributed by atoms with E-state index in [-0.39, 0.29) is 29.5 Å². The summed E-state index contributed by atoms with van der Waals surface area (Å²) < 4.78 is 10.1. The van der Waals surface area contributed by atoms with E-state index < -0.39 is 4.92 Å². The van der Waals surface area contributed by atoms with Crippen molar-refractivity contribution < 1.29 is 9.66 Å². The lowest BCUT2D eigenvalue weighted by Crippen LogP contribution is -2.25. The van der Waals surface area contributed by atoms with Crippen LogP contribution in [-0.2, 0) is 6.61 Å². The van der Waals surface area contributed by atoms with Crippen LogP contribution in [0.3, 0.4) is 0 Å². The fourth-order valence-corrected chi connectivity index (χ4v) is 6.87. The Balaban J connectivity index is 1.52. The average molecular weight is 798 g/mol. The Morgan fingerprint density at radius 2 is 1.73 bits per heavy atom. The Bertz CT molecular complexity index is 1700. The molecule has 5 rings (SSSR count). The molecule has 0 bridgehead atoms. The van der Waals surface area contributed by atoms with Crippen molar-refractivity contribution in [1.29, 1.82) is 0 Å². The molecule has 0 N–H and O–H groups in total. The lowest BCUT2D eigenvalue weighted by molar-refractivity contribution is -0.386. The van der Waals surface area contributed by atoms with Crippen LogP contribution >= 0.6 is 63.7 Å².